The van der Waals surface area contributed by atoms with Crippen molar-refractivity contribution in [3.63, 3.8) is 0 Å². The second kappa shape index (κ2) is 9.92. The minimum atomic E-state index is -1.21. The highest BCUT2D eigenvalue weighted by molar-refractivity contribution is 7.99. The maximum Gasteiger partial charge on any atom is 0.277 e. The van der Waals surface area contributed by atoms with Crippen molar-refractivity contribution in [1.29, 1.82) is 0 Å². The van der Waals surface area contributed by atoms with Crippen LogP contribution in [0.5, 0.6) is 5.75 Å². The third-order valence-corrected chi connectivity index (χ3v) is 4.91. The van der Waals surface area contributed by atoms with Crippen LogP contribution in [0.15, 0.2) is 52.4 Å². The molecule has 0 spiro atoms. The molecular weight excluding hydrogens is 444 g/mol. The Balaban J connectivity index is 1.64. The number of benzene rings is 2. The molecule has 2 amide bonds. The number of nitrogens with two attached hydrogens (primary N) is 1. The lowest BCUT2D eigenvalue weighted by Gasteiger charge is -2.09. The van der Waals surface area contributed by atoms with Crippen LogP contribution >= 0.6 is 11.8 Å². The number of rotatable bonds is 7. The molecule has 0 aliphatic rings. The topological polar surface area (TPSA) is 139 Å². The van der Waals surface area contributed by atoms with Gasteiger partial charge in [-0.1, -0.05) is 17.8 Å². The standard InChI is InChI=1S/C20H17F2N5O4S/c1-31-12-4-2-3-11(8-12)24-15(28)9-32-20-26-17(23)16(19(30)27-20)25-18(29)10-5-6-13(21)14(22)7-10/h2-8H,9H2,1H3,(H,24,28)(H,25,29)(H3,23,26,27,30). The summed E-state index contributed by atoms with van der Waals surface area (Å²) in [4.78, 5) is 43.0. The Morgan fingerprint density at radius 1 is 1.16 bits per heavy atom. The van der Waals surface area contributed by atoms with Gasteiger partial charge in [0, 0.05) is 17.3 Å². The molecule has 1 aromatic heterocycles. The number of nitrogen functional groups attached to an aromatic ring is 1. The number of amides is 2. The molecule has 32 heavy (non-hydrogen) atoms. The van der Waals surface area contributed by atoms with E-state index in [2.05, 4.69) is 20.6 Å². The summed E-state index contributed by atoms with van der Waals surface area (Å²) >= 11 is 0.920. The van der Waals surface area contributed by atoms with Gasteiger partial charge < -0.3 is 21.1 Å². The highest BCUT2D eigenvalue weighted by atomic mass is 32.2. The van der Waals surface area contributed by atoms with Gasteiger partial charge >= 0.3 is 0 Å². The number of halogens is 2. The maximum absolute atomic E-state index is 13.3. The van der Waals surface area contributed by atoms with Crippen molar-refractivity contribution < 1.29 is 23.1 Å². The van der Waals surface area contributed by atoms with Crippen LogP contribution in [0.1, 0.15) is 10.4 Å². The van der Waals surface area contributed by atoms with E-state index in [0.29, 0.717) is 17.5 Å². The first-order valence-electron chi connectivity index (χ1n) is 8.99. The van der Waals surface area contributed by atoms with Crippen LogP contribution < -0.4 is 26.7 Å². The number of ether oxygens (including phenoxy) is 1. The predicted molar refractivity (Wildman–Crippen MR) is 116 cm³/mol. The molecular formula is C20H17F2N5O4S. The Morgan fingerprint density at radius 2 is 1.94 bits per heavy atom. The van der Waals surface area contributed by atoms with E-state index in [1.165, 1.54) is 7.11 Å². The summed E-state index contributed by atoms with van der Waals surface area (Å²) < 4.78 is 31.4. The quantitative estimate of drug-likeness (QED) is 0.313. The van der Waals surface area contributed by atoms with Gasteiger partial charge in [0.1, 0.15) is 11.4 Å². The molecule has 3 rings (SSSR count). The highest BCUT2D eigenvalue weighted by Gasteiger charge is 2.16. The lowest BCUT2D eigenvalue weighted by molar-refractivity contribution is -0.113. The summed E-state index contributed by atoms with van der Waals surface area (Å²) in [5.74, 6) is -3.37. The molecule has 0 unspecified atom stereocenters. The van der Waals surface area contributed by atoms with E-state index in [4.69, 9.17) is 10.5 Å². The van der Waals surface area contributed by atoms with E-state index >= 15 is 0 Å². The van der Waals surface area contributed by atoms with E-state index in [1.54, 1.807) is 24.3 Å². The summed E-state index contributed by atoms with van der Waals surface area (Å²) in [5, 5.41) is 4.95. The lowest BCUT2D eigenvalue weighted by atomic mass is 10.2. The van der Waals surface area contributed by atoms with Gasteiger partial charge in [0.15, 0.2) is 22.6 Å². The molecule has 2 aromatic carbocycles. The first-order valence-corrected chi connectivity index (χ1v) is 9.98. The number of methoxy groups -OCH3 is 1. The Bertz CT molecular complexity index is 1230. The Hall–Kier alpha value is -3.93. The number of anilines is 3. The third kappa shape index (κ3) is 5.60. The number of nitrogens with one attached hydrogen (secondary N) is 3. The minimum Gasteiger partial charge on any atom is -0.497 e. The predicted octanol–water partition coefficient (Wildman–Crippen LogP) is 2.62. The summed E-state index contributed by atoms with van der Waals surface area (Å²) in [7, 11) is 1.51. The third-order valence-electron chi connectivity index (χ3n) is 4.04. The fourth-order valence-corrected chi connectivity index (χ4v) is 3.18. The zero-order chi connectivity index (χ0) is 23.3. The van der Waals surface area contributed by atoms with Crippen LogP contribution in [0.4, 0.5) is 26.0 Å². The Morgan fingerprint density at radius 3 is 2.62 bits per heavy atom. The number of hydrogen-bond acceptors (Lipinski definition) is 7. The van der Waals surface area contributed by atoms with Gasteiger partial charge in [0.05, 0.1) is 12.9 Å². The van der Waals surface area contributed by atoms with Gasteiger partial charge in [0.25, 0.3) is 11.5 Å². The normalized spacial score (nSPS) is 10.5. The zero-order valence-electron chi connectivity index (χ0n) is 16.6. The van der Waals surface area contributed by atoms with Crippen molar-refractivity contribution in [2.75, 3.05) is 29.2 Å². The molecule has 0 bridgehead atoms. The molecule has 0 aliphatic heterocycles. The number of thioether (sulfide) groups is 1. The van der Waals surface area contributed by atoms with Crippen LogP contribution in [0.25, 0.3) is 0 Å². The molecule has 9 nitrogen and oxygen atoms in total. The number of aromatic amines is 1. The van der Waals surface area contributed by atoms with Crippen molar-refractivity contribution in [3.8, 4) is 5.75 Å². The van der Waals surface area contributed by atoms with Gasteiger partial charge in [-0.2, -0.15) is 0 Å². The van der Waals surface area contributed by atoms with Gasteiger partial charge in [-0.25, -0.2) is 13.8 Å². The van der Waals surface area contributed by atoms with Gasteiger partial charge in [-0.05, 0) is 30.3 Å². The van der Waals surface area contributed by atoms with Gasteiger partial charge in [-0.3, -0.25) is 19.4 Å². The molecule has 0 radical (unpaired) electrons. The van der Waals surface area contributed by atoms with E-state index < -0.39 is 23.1 Å². The molecule has 0 fully saturated rings. The summed E-state index contributed by atoms with van der Waals surface area (Å²) in [5.41, 5.74) is 4.95. The number of carbonyl (C=O) groups is 2. The molecule has 0 atom stereocenters. The first kappa shape index (κ1) is 22.7. The van der Waals surface area contributed by atoms with Crippen LogP contribution in [0.2, 0.25) is 0 Å². The van der Waals surface area contributed by atoms with Gasteiger partial charge in [0.2, 0.25) is 5.91 Å². The maximum atomic E-state index is 13.3. The fraction of sp³-hybridized carbons (Fsp3) is 0.100. The van der Waals surface area contributed by atoms with Crippen LogP contribution in [0, 0.1) is 11.6 Å². The summed E-state index contributed by atoms with van der Waals surface area (Å²) in [6.07, 6.45) is 0. The van der Waals surface area contributed by atoms with Crippen molar-refractivity contribution in [1.82, 2.24) is 9.97 Å². The number of aromatic nitrogens is 2. The van der Waals surface area contributed by atoms with Crippen molar-refractivity contribution in [3.05, 3.63) is 70.0 Å². The van der Waals surface area contributed by atoms with E-state index in [9.17, 15) is 23.2 Å². The smallest absolute Gasteiger partial charge is 0.277 e. The molecule has 5 N–H and O–H groups in total. The van der Waals surface area contributed by atoms with E-state index in [-0.39, 0.29) is 33.9 Å². The molecule has 3 aromatic rings. The van der Waals surface area contributed by atoms with Crippen LogP contribution in [-0.4, -0.2) is 34.6 Å². The second-order valence-electron chi connectivity index (χ2n) is 6.28. The number of carbonyl (C=O) groups excluding carboxylic acids is 2. The highest BCUT2D eigenvalue weighted by Crippen LogP contribution is 2.20. The van der Waals surface area contributed by atoms with Gasteiger partial charge in [-0.15, -0.1) is 0 Å². The SMILES string of the molecule is COc1cccc(NC(=O)CSc2nc(N)c(NC(=O)c3ccc(F)c(F)c3)c(=O)[nH]2)c1. The molecule has 166 valence electrons. The van der Waals surface area contributed by atoms with Crippen molar-refractivity contribution >= 4 is 40.8 Å². The molecule has 12 heteroatoms. The average molecular weight is 461 g/mol. The minimum absolute atomic E-state index is 0.0547. The van der Waals surface area contributed by atoms with E-state index in [0.717, 1.165) is 23.9 Å². The number of H-pyrrole nitrogens is 1. The fourth-order valence-electron chi connectivity index (χ4n) is 2.51. The average Bonchev–Trinajstić information content (AvgIpc) is 2.76. The van der Waals surface area contributed by atoms with Crippen molar-refractivity contribution in [2.45, 2.75) is 5.16 Å². The molecule has 0 aliphatic carbocycles. The second-order valence-corrected chi connectivity index (χ2v) is 7.25. The monoisotopic (exact) mass is 461 g/mol. The number of nitrogens with zero attached hydrogens (tertiary/aromatic N) is 1. The Labute approximate surface area is 184 Å². The molecule has 0 saturated heterocycles. The van der Waals surface area contributed by atoms with Crippen molar-refractivity contribution in [2.24, 2.45) is 0 Å². The first-order chi connectivity index (χ1) is 15.3. The van der Waals surface area contributed by atoms with E-state index in [1.807, 2.05) is 0 Å². The largest absolute Gasteiger partial charge is 0.497 e. The molecule has 0 saturated carbocycles. The van der Waals surface area contributed by atoms with Crippen LogP contribution in [-0.2, 0) is 4.79 Å². The summed E-state index contributed by atoms with van der Waals surface area (Å²) in [6, 6.07) is 9.30. The van der Waals surface area contributed by atoms with Crippen LogP contribution in [0.3, 0.4) is 0 Å². The molecule has 1 heterocycles. The summed E-state index contributed by atoms with van der Waals surface area (Å²) in [6.45, 7) is 0. The number of hydrogen-bond donors (Lipinski definition) is 4. The Kier molecular flexibility index (Phi) is 7.05. The zero-order valence-corrected chi connectivity index (χ0v) is 17.4. The lowest BCUT2D eigenvalue weighted by Crippen LogP contribution is -2.23.